The third-order valence-corrected chi connectivity index (χ3v) is 5.15. The Hall–Kier alpha value is 0.130. The Labute approximate surface area is 138 Å². The Morgan fingerprint density at radius 2 is 1.39 bits per heavy atom. The van der Waals surface area contributed by atoms with Gasteiger partial charge in [-0.05, 0) is 46.5 Å². The first-order valence-electron chi connectivity index (χ1n) is 5.81. The summed E-state index contributed by atoms with van der Waals surface area (Å²) in [5.41, 5.74) is 5.65. The van der Waals surface area contributed by atoms with Crippen LogP contribution in [0, 0.1) is 0 Å². The Bertz CT molecular complexity index is 568. The Kier molecular flexibility index (Phi) is 3.58. The van der Waals surface area contributed by atoms with E-state index in [9.17, 15) is 0 Å². The number of hydrogen-bond acceptors (Lipinski definition) is 0. The maximum absolute atomic E-state index is 3.59. The van der Waals surface area contributed by atoms with E-state index in [0.29, 0.717) is 9.84 Å². The molecule has 0 saturated carbocycles. The number of alkyl halides is 1. The first-order chi connectivity index (χ1) is 8.58. The molecule has 0 fully saturated rings. The summed E-state index contributed by atoms with van der Waals surface area (Å²) in [7, 11) is 0. The summed E-state index contributed by atoms with van der Waals surface area (Å²) >= 11 is 9.71. The van der Waals surface area contributed by atoms with E-state index in [2.05, 4.69) is 97.8 Å². The van der Waals surface area contributed by atoms with Crippen LogP contribution in [0.15, 0.2) is 45.3 Å². The molecule has 2 aromatic carbocycles. The third kappa shape index (κ3) is 2.08. The highest BCUT2D eigenvalue weighted by molar-refractivity contribution is 14.1. The standard InChI is InChI=1S/C15H11Br2I/c1-8(18)15-13-6-9(16)2-4-11(13)12-5-3-10(17)7-14(12)15/h2-8,15H,1H3. The summed E-state index contributed by atoms with van der Waals surface area (Å²) in [6.45, 7) is 2.28. The molecule has 92 valence electrons. The summed E-state index contributed by atoms with van der Waals surface area (Å²) in [4.78, 5) is 0. The van der Waals surface area contributed by atoms with Crippen molar-refractivity contribution in [1.82, 2.24) is 0 Å². The number of rotatable bonds is 1. The van der Waals surface area contributed by atoms with Crippen LogP contribution in [-0.4, -0.2) is 3.92 Å². The fourth-order valence-corrected chi connectivity index (χ4v) is 4.27. The van der Waals surface area contributed by atoms with Crippen LogP contribution in [0.2, 0.25) is 0 Å². The van der Waals surface area contributed by atoms with Gasteiger partial charge in [0.25, 0.3) is 0 Å². The fourth-order valence-electron chi connectivity index (χ4n) is 2.73. The first-order valence-corrected chi connectivity index (χ1v) is 8.64. The van der Waals surface area contributed by atoms with Gasteiger partial charge in [0.05, 0.1) is 0 Å². The van der Waals surface area contributed by atoms with Gasteiger partial charge in [-0.3, -0.25) is 0 Å². The zero-order valence-electron chi connectivity index (χ0n) is 9.75. The van der Waals surface area contributed by atoms with Crippen LogP contribution in [0.25, 0.3) is 11.1 Å². The van der Waals surface area contributed by atoms with E-state index in [0.717, 1.165) is 8.95 Å². The van der Waals surface area contributed by atoms with Crippen LogP contribution in [0.4, 0.5) is 0 Å². The van der Waals surface area contributed by atoms with Crippen molar-refractivity contribution in [2.24, 2.45) is 0 Å². The van der Waals surface area contributed by atoms with Crippen LogP contribution in [0.3, 0.4) is 0 Å². The molecule has 0 spiro atoms. The van der Waals surface area contributed by atoms with Gasteiger partial charge >= 0.3 is 0 Å². The van der Waals surface area contributed by atoms with Gasteiger partial charge in [-0.2, -0.15) is 0 Å². The van der Waals surface area contributed by atoms with Crippen LogP contribution >= 0.6 is 54.5 Å². The molecule has 2 aromatic rings. The van der Waals surface area contributed by atoms with Crippen molar-refractivity contribution >= 4 is 54.5 Å². The van der Waals surface area contributed by atoms with Gasteiger partial charge in [0.15, 0.2) is 0 Å². The second-order valence-corrected chi connectivity index (χ2v) is 8.41. The Balaban J connectivity index is 2.29. The fraction of sp³-hybridized carbons (Fsp3) is 0.200. The molecule has 0 radical (unpaired) electrons. The molecule has 0 amide bonds. The van der Waals surface area contributed by atoms with E-state index in [4.69, 9.17) is 0 Å². The molecule has 0 aromatic heterocycles. The molecular weight excluding hydrogens is 467 g/mol. The van der Waals surface area contributed by atoms with Crippen molar-refractivity contribution < 1.29 is 0 Å². The molecule has 1 unspecified atom stereocenters. The van der Waals surface area contributed by atoms with E-state index in [1.165, 1.54) is 22.3 Å². The highest BCUT2D eigenvalue weighted by Crippen LogP contribution is 2.49. The van der Waals surface area contributed by atoms with Crippen LogP contribution in [0.5, 0.6) is 0 Å². The topological polar surface area (TPSA) is 0 Å². The predicted molar refractivity (Wildman–Crippen MR) is 92.6 cm³/mol. The molecule has 0 bridgehead atoms. The quantitative estimate of drug-likeness (QED) is 0.341. The lowest BCUT2D eigenvalue weighted by Crippen LogP contribution is -2.07. The molecule has 0 nitrogen and oxygen atoms in total. The molecule has 18 heavy (non-hydrogen) atoms. The highest BCUT2D eigenvalue weighted by atomic mass is 127. The van der Waals surface area contributed by atoms with Gasteiger partial charge in [0.1, 0.15) is 0 Å². The van der Waals surface area contributed by atoms with Gasteiger partial charge in [-0.1, -0.05) is 73.5 Å². The summed E-state index contributed by atoms with van der Waals surface area (Å²) in [6.07, 6.45) is 0. The molecule has 1 aliphatic carbocycles. The summed E-state index contributed by atoms with van der Waals surface area (Å²) in [5.74, 6) is 0.491. The van der Waals surface area contributed by atoms with Crippen LogP contribution in [0.1, 0.15) is 24.0 Å². The monoisotopic (exact) mass is 476 g/mol. The minimum atomic E-state index is 0.491. The number of hydrogen-bond donors (Lipinski definition) is 0. The number of benzene rings is 2. The minimum Gasteiger partial charge on any atom is -0.0819 e. The van der Waals surface area contributed by atoms with Crippen molar-refractivity contribution in [3.8, 4) is 11.1 Å². The Morgan fingerprint density at radius 3 is 1.78 bits per heavy atom. The average molecular weight is 478 g/mol. The largest absolute Gasteiger partial charge is 0.0819 e. The SMILES string of the molecule is CC(I)C1c2cc(Br)ccc2-c2ccc(Br)cc21. The molecule has 3 heteroatoms. The highest BCUT2D eigenvalue weighted by Gasteiger charge is 2.31. The van der Waals surface area contributed by atoms with Crippen molar-refractivity contribution in [1.29, 1.82) is 0 Å². The molecule has 3 rings (SSSR count). The number of halogens is 3. The van der Waals surface area contributed by atoms with Gasteiger partial charge in [0, 0.05) is 18.8 Å². The van der Waals surface area contributed by atoms with Crippen molar-refractivity contribution in [3.05, 3.63) is 56.5 Å². The lowest BCUT2D eigenvalue weighted by Gasteiger charge is -2.16. The second-order valence-electron chi connectivity index (χ2n) is 4.62. The molecule has 1 atom stereocenters. The second kappa shape index (κ2) is 4.91. The van der Waals surface area contributed by atoms with Crippen LogP contribution in [-0.2, 0) is 0 Å². The molecule has 0 saturated heterocycles. The van der Waals surface area contributed by atoms with Crippen LogP contribution < -0.4 is 0 Å². The van der Waals surface area contributed by atoms with Crippen molar-refractivity contribution in [2.45, 2.75) is 16.8 Å². The average Bonchev–Trinajstić information content (AvgIpc) is 2.60. The maximum Gasteiger partial charge on any atom is 0.0218 e. The predicted octanol–water partition coefficient (Wildman–Crippen LogP) is 6.15. The molecule has 1 aliphatic rings. The minimum absolute atomic E-state index is 0.491. The van der Waals surface area contributed by atoms with E-state index in [-0.39, 0.29) is 0 Å². The third-order valence-electron chi connectivity index (χ3n) is 3.45. The number of fused-ring (bicyclic) bond motifs is 3. The molecule has 0 heterocycles. The zero-order valence-corrected chi connectivity index (χ0v) is 15.1. The van der Waals surface area contributed by atoms with Gasteiger partial charge in [-0.25, -0.2) is 0 Å². The van der Waals surface area contributed by atoms with Crippen molar-refractivity contribution in [2.75, 3.05) is 0 Å². The summed E-state index contributed by atoms with van der Waals surface area (Å²) in [6, 6.07) is 13.2. The molecular formula is C15H11Br2I. The lowest BCUT2D eigenvalue weighted by atomic mass is 9.94. The van der Waals surface area contributed by atoms with Crippen molar-refractivity contribution in [3.63, 3.8) is 0 Å². The zero-order chi connectivity index (χ0) is 12.9. The molecule has 0 N–H and O–H groups in total. The first kappa shape index (κ1) is 13.1. The van der Waals surface area contributed by atoms with E-state index in [1.54, 1.807) is 0 Å². The van der Waals surface area contributed by atoms with Gasteiger partial charge in [0.2, 0.25) is 0 Å². The lowest BCUT2D eigenvalue weighted by molar-refractivity contribution is 0.841. The molecule has 0 aliphatic heterocycles. The van der Waals surface area contributed by atoms with E-state index >= 15 is 0 Å². The van der Waals surface area contributed by atoms with Gasteiger partial charge in [-0.15, -0.1) is 0 Å². The smallest absolute Gasteiger partial charge is 0.0218 e. The summed E-state index contributed by atoms with van der Waals surface area (Å²) < 4.78 is 2.90. The summed E-state index contributed by atoms with van der Waals surface area (Å²) in [5, 5.41) is 0. The van der Waals surface area contributed by atoms with E-state index < -0.39 is 0 Å². The normalized spacial score (nSPS) is 15.3. The van der Waals surface area contributed by atoms with E-state index in [1.807, 2.05) is 0 Å². The maximum atomic E-state index is 3.59. The Morgan fingerprint density at radius 1 is 0.944 bits per heavy atom. The van der Waals surface area contributed by atoms with Gasteiger partial charge < -0.3 is 0 Å².